The van der Waals surface area contributed by atoms with Crippen LogP contribution >= 0.6 is 39.0 Å². The molecule has 0 spiro atoms. The fraction of sp³-hybridized carbons (Fsp3) is 0.0833. The van der Waals surface area contributed by atoms with Gasteiger partial charge in [-0.1, -0.05) is 69.7 Å². The Morgan fingerprint density at radius 1 is 1.03 bits per heavy atom. The van der Waals surface area contributed by atoms with E-state index >= 15 is 0 Å². The van der Waals surface area contributed by atoms with Gasteiger partial charge in [-0.05, 0) is 35.9 Å². The average molecular weight is 508 g/mol. The molecule has 0 fully saturated rings. The first-order valence-electron chi connectivity index (χ1n) is 9.76. The van der Waals surface area contributed by atoms with Crippen molar-refractivity contribution in [1.29, 1.82) is 0 Å². The third-order valence-corrected chi connectivity index (χ3v) is 7.44. The van der Waals surface area contributed by atoms with Gasteiger partial charge in [0, 0.05) is 33.0 Å². The Morgan fingerprint density at radius 2 is 1.81 bits per heavy atom. The quantitative estimate of drug-likeness (QED) is 0.257. The summed E-state index contributed by atoms with van der Waals surface area (Å²) in [6.45, 7) is 0.784. The molecule has 0 atom stereocenters. The largest absolute Gasteiger partial charge is 0.342 e. The SMILES string of the molecule is O=C(CSc1cn(Cc2ccc(Br)cc2)c2ccccc12)Nc1nc2ccccc2s1. The van der Waals surface area contributed by atoms with Gasteiger partial charge in [0.25, 0.3) is 0 Å². The lowest BCUT2D eigenvalue weighted by atomic mass is 10.2. The second-order valence-electron chi connectivity index (χ2n) is 7.09. The Balaban J connectivity index is 1.31. The number of thioether (sulfide) groups is 1. The number of amides is 1. The standard InChI is InChI=1S/C24H18BrN3OS2/c25-17-11-9-16(10-12-17)13-28-14-22(18-5-1-3-7-20(18)28)30-15-23(29)27-24-26-19-6-2-4-8-21(19)31-24/h1-12,14H,13,15H2,(H,26,27,29). The summed E-state index contributed by atoms with van der Waals surface area (Å²) in [6.07, 6.45) is 2.14. The van der Waals surface area contributed by atoms with Gasteiger partial charge in [-0.15, -0.1) is 11.8 Å². The fourth-order valence-corrected chi connectivity index (χ4v) is 5.50. The number of benzene rings is 3. The van der Waals surface area contributed by atoms with Gasteiger partial charge in [0.1, 0.15) is 0 Å². The molecule has 1 amide bonds. The Bertz CT molecular complexity index is 1340. The lowest BCUT2D eigenvalue weighted by Gasteiger charge is -2.05. The van der Waals surface area contributed by atoms with Crippen LogP contribution in [-0.2, 0) is 11.3 Å². The summed E-state index contributed by atoms with van der Waals surface area (Å²) < 4.78 is 4.39. The van der Waals surface area contributed by atoms with E-state index in [1.54, 1.807) is 11.8 Å². The zero-order valence-electron chi connectivity index (χ0n) is 16.4. The highest BCUT2D eigenvalue weighted by Crippen LogP contribution is 2.31. The normalized spacial score (nSPS) is 11.3. The molecule has 31 heavy (non-hydrogen) atoms. The Labute approximate surface area is 196 Å². The van der Waals surface area contributed by atoms with Crippen molar-refractivity contribution >= 4 is 71.2 Å². The lowest BCUT2D eigenvalue weighted by molar-refractivity contribution is -0.113. The minimum Gasteiger partial charge on any atom is -0.342 e. The van der Waals surface area contributed by atoms with Crippen LogP contribution in [0.1, 0.15) is 5.56 Å². The highest BCUT2D eigenvalue weighted by molar-refractivity contribution is 9.10. The maximum absolute atomic E-state index is 12.6. The number of para-hydroxylation sites is 2. The number of carbonyl (C=O) groups excluding carboxylic acids is 1. The third kappa shape index (κ3) is 4.54. The van der Waals surface area contributed by atoms with Crippen molar-refractivity contribution in [3.63, 3.8) is 0 Å². The minimum absolute atomic E-state index is 0.0474. The van der Waals surface area contributed by atoms with Crippen molar-refractivity contribution in [2.75, 3.05) is 11.1 Å². The Morgan fingerprint density at radius 3 is 2.65 bits per heavy atom. The number of hydrogen-bond acceptors (Lipinski definition) is 4. The molecule has 1 N–H and O–H groups in total. The van der Waals surface area contributed by atoms with Crippen molar-refractivity contribution in [2.24, 2.45) is 0 Å². The van der Waals surface area contributed by atoms with Crippen LogP contribution in [0.3, 0.4) is 0 Å². The molecule has 0 saturated carbocycles. The smallest absolute Gasteiger partial charge is 0.236 e. The van der Waals surface area contributed by atoms with Gasteiger partial charge in [0.05, 0.1) is 16.0 Å². The lowest BCUT2D eigenvalue weighted by Crippen LogP contribution is -2.13. The van der Waals surface area contributed by atoms with Gasteiger partial charge in [-0.25, -0.2) is 4.98 Å². The molecule has 5 aromatic rings. The fourth-order valence-electron chi connectivity index (χ4n) is 3.47. The number of nitrogens with zero attached hydrogens (tertiary/aromatic N) is 2. The van der Waals surface area contributed by atoms with E-state index in [4.69, 9.17) is 0 Å². The molecule has 2 aromatic heterocycles. The molecule has 7 heteroatoms. The van der Waals surface area contributed by atoms with E-state index in [0.717, 1.165) is 31.5 Å². The van der Waals surface area contributed by atoms with Gasteiger partial charge in [-0.2, -0.15) is 0 Å². The predicted octanol–water partition coefficient (Wildman–Crippen LogP) is 6.79. The minimum atomic E-state index is -0.0474. The van der Waals surface area contributed by atoms with Crippen LogP contribution in [0.4, 0.5) is 5.13 Å². The number of fused-ring (bicyclic) bond motifs is 2. The number of halogens is 1. The van der Waals surface area contributed by atoms with Crippen LogP contribution < -0.4 is 5.32 Å². The van der Waals surface area contributed by atoms with E-state index < -0.39 is 0 Å². The molecule has 0 aliphatic rings. The highest BCUT2D eigenvalue weighted by atomic mass is 79.9. The monoisotopic (exact) mass is 507 g/mol. The van der Waals surface area contributed by atoms with Gasteiger partial charge in [-0.3, -0.25) is 4.79 Å². The van der Waals surface area contributed by atoms with E-state index in [0.29, 0.717) is 10.9 Å². The van der Waals surface area contributed by atoms with E-state index in [2.05, 4.69) is 79.5 Å². The molecule has 4 nitrogen and oxygen atoms in total. The van der Waals surface area contributed by atoms with Crippen molar-refractivity contribution in [3.05, 3.63) is 89.0 Å². The van der Waals surface area contributed by atoms with Crippen LogP contribution in [0, 0.1) is 0 Å². The summed E-state index contributed by atoms with van der Waals surface area (Å²) in [7, 11) is 0. The Hall–Kier alpha value is -2.61. The zero-order chi connectivity index (χ0) is 21.2. The summed E-state index contributed by atoms with van der Waals surface area (Å²) in [5.74, 6) is 0.288. The third-order valence-electron chi connectivity index (χ3n) is 4.92. The molecular formula is C24H18BrN3OS2. The number of anilines is 1. The Kier molecular flexibility index (Phi) is 5.80. The maximum atomic E-state index is 12.6. The van der Waals surface area contributed by atoms with E-state index in [9.17, 15) is 4.79 Å². The van der Waals surface area contributed by atoms with E-state index in [1.807, 2.05) is 30.3 Å². The molecule has 5 rings (SSSR count). The molecule has 3 aromatic carbocycles. The molecule has 0 radical (unpaired) electrons. The van der Waals surface area contributed by atoms with Gasteiger partial charge in [0.15, 0.2) is 5.13 Å². The van der Waals surface area contributed by atoms with E-state index in [1.165, 1.54) is 22.4 Å². The number of carbonyl (C=O) groups is 1. The number of rotatable bonds is 6. The summed E-state index contributed by atoms with van der Waals surface area (Å²) in [6, 6.07) is 24.6. The maximum Gasteiger partial charge on any atom is 0.236 e. The number of hydrogen-bond donors (Lipinski definition) is 1. The summed E-state index contributed by atoms with van der Waals surface area (Å²) in [5.41, 5.74) is 3.31. The average Bonchev–Trinajstić information content (AvgIpc) is 3.35. The van der Waals surface area contributed by atoms with Crippen molar-refractivity contribution < 1.29 is 4.79 Å². The topological polar surface area (TPSA) is 46.9 Å². The summed E-state index contributed by atoms with van der Waals surface area (Å²) in [4.78, 5) is 18.1. The van der Waals surface area contributed by atoms with Crippen LogP contribution in [0.15, 0.2) is 88.4 Å². The second kappa shape index (κ2) is 8.86. The van der Waals surface area contributed by atoms with Gasteiger partial charge in [0.2, 0.25) is 5.91 Å². The van der Waals surface area contributed by atoms with Crippen molar-refractivity contribution in [2.45, 2.75) is 11.4 Å². The predicted molar refractivity (Wildman–Crippen MR) is 134 cm³/mol. The molecule has 0 unspecified atom stereocenters. The summed E-state index contributed by atoms with van der Waals surface area (Å²) in [5, 5.41) is 4.75. The number of thiazole rings is 1. The second-order valence-corrected chi connectivity index (χ2v) is 10.1. The summed E-state index contributed by atoms with van der Waals surface area (Å²) >= 11 is 6.54. The van der Waals surface area contributed by atoms with Gasteiger partial charge < -0.3 is 9.88 Å². The number of nitrogens with one attached hydrogen (secondary N) is 1. The molecular weight excluding hydrogens is 490 g/mol. The van der Waals surface area contributed by atoms with Crippen LogP contribution in [0.5, 0.6) is 0 Å². The first-order chi connectivity index (χ1) is 15.2. The van der Waals surface area contributed by atoms with E-state index in [-0.39, 0.29) is 5.91 Å². The first kappa shape index (κ1) is 20.3. The molecule has 0 aliphatic heterocycles. The van der Waals surface area contributed by atoms with Crippen LogP contribution in [-0.4, -0.2) is 21.2 Å². The molecule has 0 saturated heterocycles. The molecule has 2 heterocycles. The number of aromatic nitrogens is 2. The van der Waals surface area contributed by atoms with Gasteiger partial charge >= 0.3 is 0 Å². The zero-order valence-corrected chi connectivity index (χ0v) is 19.6. The van der Waals surface area contributed by atoms with Crippen molar-refractivity contribution in [3.8, 4) is 0 Å². The first-order valence-corrected chi connectivity index (χ1v) is 12.4. The molecule has 0 bridgehead atoms. The van der Waals surface area contributed by atoms with Crippen LogP contribution in [0.2, 0.25) is 0 Å². The van der Waals surface area contributed by atoms with Crippen molar-refractivity contribution in [1.82, 2.24) is 9.55 Å². The highest BCUT2D eigenvalue weighted by Gasteiger charge is 2.12. The van der Waals surface area contributed by atoms with Crippen LogP contribution in [0.25, 0.3) is 21.1 Å². The molecule has 0 aliphatic carbocycles. The molecule has 154 valence electrons.